The lowest BCUT2D eigenvalue weighted by molar-refractivity contribution is 0.0692. The van der Waals surface area contributed by atoms with Crippen LogP contribution >= 0.6 is 0 Å². The number of nitrogens with one attached hydrogen (secondary N) is 2. The number of carbonyl (C=O) groups is 1. The first-order valence-corrected chi connectivity index (χ1v) is 17.2. The molecule has 0 aliphatic rings. The molecule has 0 spiro atoms. The summed E-state index contributed by atoms with van der Waals surface area (Å²) in [5, 5.41) is 23.8. The standard InChI is InChI=1S/C36H42N2O8S/c1-6-44-33-21-27(12-14-30(33)36(40)41)29-18-23(2)35(24(3)19-29)45-17-16-37-25(4)34(39)28-13-15-32(31(20-28)38-47(5,42)43)46-22-26-10-8-7-9-11-26/h7-15,18-21,25,34,37-39H,6,16-17,22H2,1-5H3,(H,40,41)/t25-,34-/m0/s1. The smallest absolute Gasteiger partial charge is 0.339 e. The molecule has 4 N–H and O–H groups in total. The number of ether oxygens (including phenoxy) is 3. The predicted molar refractivity (Wildman–Crippen MR) is 183 cm³/mol. The highest BCUT2D eigenvalue weighted by Gasteiger charge is 2.20. The van der Waals surface area contributed by atoms with Gasteiger partial charge >= 0.3 is 5.97 Å². The van der Waals surface area contributed by atoms with Gasteiger partial charge in [0.25, 0.3) is 0 Å². The van der Waals surface area contributed by atoms with E-state index in [1.165, 1.54) is 0 Å². The maximum Gasteiger partial charge on any atom is 0.339 e. The third-order valence-electron chi connectivity index (χ3n) is 7.47. The van der Waals surface area contributed by atoms with Gasteiger partial charge in [-0.3, -0.25) is 4.72 Å². The van der Waals surface area contributed by atoms with Crippen LogP contribution in [0.2, 0.25) is 0 Å². The van der Waals surface area contributed by atoms with Crippen LogP contribution in [0.1, 0.15) is 52.6 Å². The van der Waals surface area contributed by atoms with E-state index < -0.39 is 22.1 Å². The van der Waals surface area contributed by atoms with Crippen LogP contribution in [0.25, 0.3) is 11.1 Å². The Morgan fingerprint density at radius 3 is 2.21 bits per heavy atom. The summed E-state index contributed by atoms with van der Waals surface area (Å²) in [6, 6.07) is 23.1. The quantitative estimate of drug-likeness (QED) is 0.105. The van der Waals surface area contributed by atoms with Gasteiger partial charge in [0.15, 0.2) is 0 Å². The van der Waals surface area contributed by atoms with Crippen LogP contribution in [0.5, 0.6) is 17.2 Å². The second-order valence-corrected chi connectivity index (χ2v) is 13.1. The summed E-state index contributed by atoms with van der Waals surface area (Å²) in [7, 11) is -3.60. The number of aliphatic hydroxyl groups excluding tert-OH is 1. The van der Waals surface area contributed by atoms with Crippen LogP contribution in [0, 0.1) is 13.8 Å². The SMILES string of the molecule is CCOc1cc(-c2cc(C)c(OCCN[C@@H](C)[C@H](O)c3ccc(OCc4ccccc4)c(NS(C)(=O)=O)c3)c(C)c2)ccc1C(=O)O. The van der Waals surface area contributed by atoms with Crippen LogP contribution in [0.3, 0.4) is 0 Å². The highest BCUT2D eigenvalue weighted by molar-refractivity contribution is 7.92. The second kappa shape index (κ2) is 15.8. The van der Waals surface area contributed by atoms with Gasteiger partial charge in [-0.1, -0.05) is 42.5 Å². The molecule has 0 radical (unpaired) electrons. The van der Waals surface area contributed by atoms with E-state index in [1.807, 2.05) is 70.2 Å². The van der Waals surface area contributed by atoms with Crippen molar-refractivity contribution < 1.29 is 37.6 Å². The zero-order valence-corrected chi connectivity index (χ0v) is 28.1. The average Bonchev–Trinajstić information content (AvgIpc) is 3.02. The number of carboxylic acid groups (broad SMARTS) is 1. The molecule has 0 aliphatic heterocycles. The number of rotatable bonds is 16. The predicted octanol–water partition coefficient (Wildman–Crippen LogP) is 6.11. The number of aliphatic hydroxyl groups is 1. The van der Waals surface area contributed by atoms with Gasteiger partial charge in [-0.15, -0.1) is 0 Å². The van der Waals surface area contributed by atoms with E-state index in [9.17, 15) is 23.4 Å². The molecule has 0 amide bonds. The minimum atomic E-state index is -3.60. The van der Waals surface area contributed by atoms with Crippen molar-refractivity contribution in [2.45, 2.75) is 46.4 Å². The van der Waals surface area contributed by atoms with Gasteiger partial charge in [0.2, 0.25) is 10.0 Å². The Balaban J connectivity index is 1.38. The number of hydrogen-bond donors (Lipinski definition) is 4. The van der Waals surface area contributed by atoms with Gasteiger partial charge in [-0.2, -0.15) is 0 Å². The first-order chi connectivity index (χ1) is 22.4. The van der Waals surface area contributed by atoms with Crippen molar-refractivity contribution in [2.24, 2.45) is 0 Å². The Morgan fingerprint density at radius 1 is 0.872 bits per heavy atom. The molecule has 2 atom stereocenters. The van der Waals surface area contributed by atoms with E-state index in [-0.39, 0.29) is 23.9 Å². The highest BCUT2D eigenvalue weighted by Crippen LogP contribution is 2.34. The number of anilines is 1. The van der Waals surface area contributed by atoms with E-state index in [4.69, 9.17) is 14.2 Å². The van der Waals surface area contributed by atoms with E-state index in [0.717, 1.165) is 39.8 Å². The molecular formula is C36H42N2O8S. The lowest BCUT2D eigenvalue weighted by Crippen LogP contribution is -2.35. The van der Waals surface area contributed by atoms with Gasteiger partial charge in [0, 0.05) is 12.6 Å². The fourth-order valence-corrected chi connectivity index (χ4v) is 5.77. The van der Waals surface area contributed by atoms with Gasteiger partial charge in [0.1, 0.15) is 36.0 Å². The molecule has 0 unspecified atom stereocenters. The van der Waals surface area contributed by atoms with E-state index in [0.29, 0.717) is 36.8 Å². The summed E-state index contributed by atoms with van der Waals surface area (Å²) in [5.74, 6) is 0.388. The van der Waals surface area contributed by atoms with E-state index in [2.05, 4.69) is 10.0 Å². The summed E-state index contributed by atoms with van der Waals surface area (Å²) in [6.07, 6.45) is 0.129. The van der Waals surface area contributed by atoms with Crippen LogP contribution in [-0.2, 0) is 16.6 Å². The molecular weight excluding hydrogens is 620 g/mol. The summed E-state index contributed by atoms with van der Waals surface area (Å²) in [4.78, 5) is 11.6. The van der Waals surface area contributed by atoms with E-state index >= 15 is 0 Å². The number of carboxylic acids is 1. The molecule has 0 saturated heterocycles. The fourth-order valence-electron chi connectivity index (χ4n) is 5.21. The van der Waals surface area contributed by atoms with Gasteiger partial charge in [0.05, 0.1) is 24.7 Å². The van der Waals surface area contributed by atoms with Crippen LogP contribution < -0.4 is 24.2 Å². The molecule has 0 heterocycles. The zero-order chi connectivity index (χ0) is 34.1. The Bertz CT molecular complexity index is 1770. The summed E-state index contributed by atoms with van der Waals surface area (Å²) in [5.41, 5.74) is 5.43. The van der Waals surface area contributed by atoms with Gasteiger partial charge in [-0.05, 0) is 97.5 Å². The Morgan fingerprint density at radius 2 is 1.57 bits per heavy atom. The van der Waals surface area contributed by atoms with Crippen molar-refractivity contribution in [3.63, 3.8) is 0 Å². The molecule has 47 heavy (non-hydrogen) atoms. The van der Waals surface area contributed by atoms with Gasteiger partial charge < -0.3 is 29.7 Å². The van der Waals surface area contributed by atoms with Crippen molar-refractivity contribution in [2.75, 3.05) is 30.7 Å². The minimum absolute atomic E-state index is 0.117. The molecule has 0 saturated carbocycles. The second-order valence-electron chi connectivity index (χ2n) is 11.3. The fraction of sp³-hybridized carbons (Fsp3) is 0.306. The Hall–Kier alpha value is -4.58. The summed E-state index contributed by atoms with van der Waals surface area (Å²) in [6.45, 7) is 8.96. The first kappa shape index (κ1) is 35.3. The molecule has 250 valence electrons. The van der Waals surface area contributed by atoms with Crippen LogP contribution in [-0.4, -0.2) is 56.7 Å². The number of aromatic carboxylic acids is 1. The minimum Gasteiger partial charge on any atom is -0.493 e. The number of benzene rings is 4. The lowest BCUT2D eigenvalue weighted by Gasteiger charge is -2.23. The molecule has 4 aromatic rings. The van der Waals surface area contributed by atoms with Crippen molar-refractivity contribution in [3.8, 4) is 28.4 Å². The van der Waals surface area contributed by atoms with Crippen LogP contribution in [0.15, 0.2) is 78.9 Å². The number of aryl methyl sites for hydroxylation is 2. The molecule has 4 aromatic carbocycles. The first-order valence-electron chi connectivity index (χ1n) is 15.3. The monoisotopic (exact) mass is 662 g/mol. The third kappa shape index (κ3) is 9.71. The molecule has 0 aliphatic carbocycles. The summed E-state index contributed by atoms with van der Waals surface area (Å²) >= 11 is 0. The molecule has 0 bridgehead atoms. The number of sulfonamides is 1. The van der Waals surface area contributed by atoms with E-state index in [1.54, 1.807) is 36.4 Å². The maximum absolute atomic E-state index is 12.1. The highest BCUT2D eigenvalue weighted by atomic mass is 32.2. The topological polar surface area (TPSA) is 143 Å². The lowest BCUT2D eigenvalue weighted by atomic mass is 9.98. The zero-order valence-electron chi connectivity index (χ0n) is 27.2. The van der Waals surface area contributed by atoms with Crippen molar-refractivity contribution in [1.82, 2.24) is 5.32 Å². The Kier molecular flexibility index (Phi) is 11.9. The van der Waals surface area contributed by atoms with Crippen molar-refractivity contribution >= 4 is 21.7 Å². The largest absolute Gasteiger partial charge is 0.493 e. The maximum atomic E-state index is 12.1. The molecule has 0 aromatic heterocycles. The average molecular weight is 663 g/mol. The number of hydrogen-bond acceptors (Lipinski definition) is 8. The van der Waals surface area contributed by atoms with Crippen molar-refractivity contribution in [1.29, 1.82) is 0 Å². The third-order valence-corrected chi connectivity index (χ3v) is 8.06. The molecule has 10 nitrogen and oxygen atoms in total. The molecule has 0 fully saturated rings. The van der Waals surface area contributed by atoms with Crippen molar-refractivity contribution in [3.05, 3.63) is 107 Å². The normalized spacial score (nSPS) is 12.6. The molecule has 4 rings (SSSR count). The summed E-state index contributed by atoms with van der Waals surface area (Å²) < 4.78 is 44.2. The Labute approximate surface area is 276 Å². The van der Waals surface area contributed by atoms with Crippen LogP contribution in [0.4, 0.5) is 5.69 Å². The van der Waals surface area contributed by atoms with Gasteiger partial charge in [-0.25, -0.2) is 13.2 Å². The molecule has 11 heteroatoms.